The number of benzene rings is 2. The lowest BCUT2D eigenvalue weighted by atomic mass is 10.1. The molecule has 34 heavy (non-hydrogen) atoms. The van der Waals surface area contributed by atoms with Crippen molar-refractivity contribution in [2.24, 2.45) is 0 Å². The molecule has 1 aliphatic rings. The van der Waals surface area contributed by atoms with Crippen LogP contribution in [-0.2, 0) is 6.54 Å². The van der Waals surface area contributed by atoms with Crippen molar-refractivity contribution in [1.29, 1.82) is 0 Å². The fourth-order valence-corrected chi connectivity index (χ4v) is 4.11. The monoisotopic (exact) mass is 484 g/mol. The Balaban J connectivity index is 1.40. The Bertz CT molecular complexity index is 1230. The van der Waals surface area contributed by atoms with Crippen molar-refractivity contribution in [2.75, 3.05) is 26.7 Å². The van der Waals surface area contributed by atoms with E-state index in [2.05, 4.69) is 15.0 Å². The summed E-state index contributed by atoms with van der Waals surface area (Å²) >= 11 is 0.872. The molecule has 2 heterocycles. The summed E-state index contributed by atoms with van der Waals surface area (Å²) in [4.78, 5) is 25.6. The summed E-state index contributed by atoms with van der Waals surface area (Å²) in [5.74, 6) is 1.54. The minimum atomic E-state index is -0.474. The zero-order valence-electron chi connectivity index (χ0n) is 18.8. The number of nitrogens with two attached hydrogens (primary N) is 1. The molecule has 4 N–H and O–H groups in total. The number of carbonyl (C=O) groups is 2. The van der Waals surface area contributed by atoms with Gasteiger partial charge in [0.05, 0.1) is 25.9 Å². The Kier molecular flexibility index (Phi) is 6.73. The average molecular weight is 485 g/mol. The van der Waals surface area contributed by atoms with Crippen LogP contribution < -0.4 is 35.3 Å². The third kappa shape index (κ3) is 4.69. The summed E-state index contributed by atoms with van der Waals surface area (Å²) in [6, 6.07) is 10.4. The number of methoxy groups -OCH3 is 2. The summed E-state index contributed by atoms with van der Waals surface area (Å²) in [5.41, 5.74) is 7.78. The average Bonchev–Trinajstić information content (AvgIpc) is 3.47. The van der Waals surface area contributed by atoms with Crippen LogP contribution in [0.1, 0.15) is 44.3 Å². The Morgan fingerprint density at radius 1 is 1.09 bits per heavy atom. The van der Waals surface area contributed by atoms with Crippen LogP contribution >= 0.6 is 11.5 Å². The molecule has 0 spiro atoms. The molecule has 0 radical (unpaired) electrons. The molecule has 2 amide bonds. The largest absolute Gasteiger partial charge is 0.493 e. The lowest BCUT2D eigenvalue weighted by Gasteiger charge is -2.16. The van der Waals surface area contributed by atoms with Crippen molar-refractivity contribution >= 4 is 29.0 Å². The van der Waals surface area contributed by atoms with Crippen molar-refractivity contribution in [3.63, 3.8) is 0 Å². The second-order valence-electron chi connectivity index (χ2n) is 7.45. The maximum absolute atomic E-state index is 12.8. The number of anilines is 1. The van der Waals surface area contributed by atoms with E-state index >= 15 is 0 Å². The highest BCUT2D eigenvalue weighted by Gasteiger charge is 2.24. The highest BCUT2D eigenvalue weighted by Crippen LogP contribution is 2.33. The first-order valence-corrected chi connectivity index (χ1v) is 11.1. The Hall–Kier alpha value is -3.99. The van der Waals surface area contributed by atoms with E-state index in [0.717, 1.165) is 22.7 Å². The van der Waals surface area contributed by atoms with Gasteiger partial charge < -0.3 is 35.3 Å². The molecule has 1 aromatic heterocycles. The molecule has 178 valence electrons. The van der Waals surface area contributed by atoms with E-state index in [0.29, 0.717) is 23.0 Å². The predicted octanol–water partition coefficient (Wildman–Crippen LogP) is 2.89. The molecule has 1 atom stereocenters. The van der Waals surface area contributed by atoms with Crippen molar-refractivity contribution in [3.8, 4) is 23.0 Å². The third-order valence-electron chi connectivity index (χ3n) is 5.29. The minimum Gasteiger partial charge on any atom is -0.493 e. The molecule has 1 aliphatic heterocycles. The first-order chi connectivity index (χ1) is 16.4. The van der Waals surface area contributed by atoms with Crippen molar-refractivity contribution < 1.29 is 28.5 Å². The Morgan fingerprint density at radius 2 is 1.85 bits per heavy atom. The molecule has 4 rings (SSSR count). The number of nitrogens with one attached hydrogen (secondary N) is 2. The molecule has 0 saturated heterocycles. The van der Waals surface area contributed by atoms with E-state index in [4.69, 9.17) is 24.7 Å². The smallest absolute Gasteiger partial charge is 0.273 e. The fourth-order valence-electron chi connectivity index (χ4n) is 3.41. The highest BCUT2D eigenvalue weighted by atomic mass is 32.1. The number of nitrogens with zero attached hydrogens (tertiary/aromatic N) is 1. The summed E-state index contributed by atoms with van der Waals surface area (Å²) in [7, 11) is 3.10. The van der Waals surface area contributed by atoms with Gasteiger partial charge in [0.1, 0.15) is 4.88 Å². The van der Waals surface area contributed by atoms with E-state index in [-0.39, 0.29) is 35.6 Å². The third-order valence-corrected chi connectivity index (χ3v) is 6.16. The van der Waals surface area contributed by atoms with E-state index in [1.807, 2.05) is 19.1 Å². The number of nitrogen functional groups attached to an aromatic ring is 1. The number of hydrogen-bond donors (Lipinski definition) is 3. The van der Waals surface area contributed by atoms with Crippen LogP contribution in [0.4, 0.5) is 5.69 Å². The summed E-state index contributed by atoms with van der Waals surface area (Å²) < 4.78 is 25.3. The van der Waals surface area contributed by atoms with Crippen LogP contribution in [0.2, 0.25) is 0 Å². The SMILES string of the molecule is COc1ccc([C@H](C)NC(=O)c2snc(C(=O)NCc3ccc4c(c3)OCO4)c2N)cc1OC. The van der Waals surface area contributed by atoms with Gasteiger partial charge in [-0.05, 0) is 53.8 Å². The second kappa shape index (κ2) is 9.87. The Labute approximate surface area is 200 Å². The molecule has 3 aromatic rings. The summed E-state index contributed by atoms with van der Waals surface area (Å²) in [5, 5.41) is 5.63. The van der Waals surface area contributed by atoms with Crippen LogP contribution in [0.15, 0.2) is 36.4 Å². The highest BCUT2D eigenvalue weighted by molar-refractivity contribution is 7.09. The van der Waals surface area contributed by atoms with E-state index in [9.17, 15) is 9.59 Å². The van der Waals surface area contributed by atoms with Gasteiger partial charge >= 0.3 is 0 Å². The molecule has 0 fully saturated rings. The molecule has 0 unspecified atom stereocenters. The lowest BCUT2D eigenvalue weighted by Crippen LogP contribution is -2.27. The van der Waals surface area contributed by atoms with Crippen LogP contribution in [0.5, 0.6) is 23.0 Å². The fraction of sp³-hybridized carbons (Fsp3) is 0.261. The van der Waals surface area contributed by atoms with Crippen LogP contribution in [0.25, 0.3) is 0 Å². The number of carbonyl (C=O) groups excluding carboxylic acids is 2. The van der Waals surface area contributed by atoms with Gasteiger partial charge in [0.15, 0.2) is 28.7 Å². The van der Waals surface area contributed by atoms with Gasteiger partial charge in [-0.2, -0.15) is 4.37 Å². The zero-order valence-corrected chi connectivity index (χ0v) is 19.7. The summed E-state index contributed by atoms with van der Waals surface area (Å²) in [6.07, 6.45) is 0. The van der Waals surface area contributed by atoms with Crippen molar-refractivity contribution in [2.45, 2.75) is 19.5 Å². The number of aromatic nitrogens is 1. The quantitative estimate of drug-likeness (QED) is 0.444. The van der Waals surface area contributed by atoms with Gasteiger partial charge in [0, 0.05) is 6.54 Å². The Morgan fingerprint density at radius 3 is 2.62 bits per heavy atom. The number of hydrogen-bond acceptors (Lipinski definition) is 9. The topological polar surface area (TPSA) is 134 Å². The lowest BCUT2D eigenvalue weighted by molar-refractivity contribution is 0.0942. The van der Waals surface area contributed by atoms with Crippen molar-refractivity contribution in [1.82, 2.24) is 15.0 Å². The molecule has 2 aromatic carbocycles. The first kappa shape index (κ1) is 23.2. The van der Waals surface area contributed by atoms with Gasteiger partial charge in [-0.15, -0.1) is 0 Å². The second-order valence-corrected chi connectivity index (χ2v) is 8.23. The summed E-state index contributed by atoms with van der Waals surface area (Å²) in [6.45, 7) is 2.25. The van der Waals surface area contributed by atoms with Gasteiger partial charge in [-0.1, -0.05) is 12.1 Å². The molecule has 10 nitrogen and oxygen atoms in total. The van der Waals surface area contributed by atoms with E-state index in [1.165, 1.54) is 0 Å². The molecule has 11 heteroatoms. The number of rotatable bonds is 8. The van der Waals surface area contributed by atoms with Crippen LogP contribution in [0, 0.1) is 0 Å². The molecule has 0 aliphatic carbocycles. The predicted molar refractivity (Wildman–Crippen MR) is 126 cm³/mol. The van der Waals surface area contributed by atoms with E-state index < -0.39 is 11.8 Å². The van der Waals surface area contributed by atoms with Crippen LogP contribution in [-0.4, -0.2) is 37.2 Å². The maximum Gasteiger partial charge on any atom is 0.273 e. The number of fused-ring (bicyclic) bond motifs is 1. The van der Waals surface area contributed by atoms with Crippen LogP contribution in [0.3, 0.4) is 0 Å². The van der Waals surface area contributed by atoms with Gasteiger partial charge in [-0.25, -0.2) is 0 Å². The molecular weight excluding hydrogens is 460 g/mol. The van der Waals surface area contributed by atoms with Gasteiger partial charge in [0.2, 0.25) is 6.79 Å². The van der Waals surface area contributed by atoms with Gasteiger partial charge in [0.25, 0.3) is 11.8 Å². The maximum atomic E-state index is 12.8. The van der Waals surface area contributed by atoms with Crippen molar-refractivity contribution in [3.05, 3.63) is 58.1 Å². The molecular formula is C23H24N4O6S. The van der Waals surface area contributed by atoms with E-state index in [1.54, 1.807) is 38.5 Å². The standard InChI is InChI=1S/C23H24N4O6S/c1-12(14-5-7-15(30-2)17(9-14)31-3)26-23(29)21-19(24)20(27-34-21)22(28)25-10-13-4-6-16-18(8-13)33-11-32-16/h4-9,12H,10-11,24H2,1-3H3,(H,25,28)(H,26,29)/t12-/m0/s1. The number of ether oxygens (including phenoxy) is 4. The minimum absolute atomic E-state index is 0.00895. The molecule has 0 saturated carbocycles. The normalized spacial score (nSPS) is 12.7. The van der Waals surface area contributed by atoms with Gasteiger partial charge in [-0.3, -0.25) is 9.59 Å². The number of amides is 2. The first-order valence-electron chi connectivity index (χ1n) is 10.4. The molecule has 0 bridgehead atoms. The zero-order chi connectivity index (χ0) is 24.2.